The number of nitrogens with zero attached hydrogens (tertiary/aromatic N) is 3. The van der Waals surface area contributed by atoms with Gasteiger partial charge in [-0.2, -0.15) is 0 Å². The van der Waals surface area contributed by atoms with Gasteiger partial charge in [0.15, 0.2) is 11.4 Å². The summed E-state index contributed by atoms with van der Waals surface area (Å²) in [7, 11) is 0. The summed E-state index contributed by atoms with van der Waals surface area (Å²) in [5.74, 6) is 0.767. The molecule has 4 rings (SSSR count). The Bertz CT molecular complexity index is 1020. The number of hydrogen-bond donors (Lipinski definition) is 0. The first-order chi connectivity index (χ1) is 14.0. The Morgan fingerprint density at radius 2 is 2.03 bits per heavy atom. The van der Waals surface area contributed by atoms with E-state index in [0.29, 0.717) is 6.04 Å². The van der Waals surface area contributed by atoms with Gasteiger partial charge >= 0.3 is 0 Å². The lowest BCUT2D eigenvalue weighted by molar-refractivity contribution is -0.109. The summed E-state index contributed by atoms with van der Waals surface area (Å²) < 4.78 is 6.76. The molecule has 1 aliphatic rings. The van der Waals surface area contributed by atoms with E-state index < -0.39 is 0 Å². The first kappa shape index (κ1) is 19.9. The lowest BCUT2D eigenvalue weighted by Gasteiger charge is -2.39. The molecule has 0 amide bonds. The van der Waals surface area contributed by atoms with E-state index in [0.717, 1.165) is 54.4 Å². The van der Waals surface area contributed by atoms with Crippen molar-refractivity contribution in [3.63, 3.8) is 0 Å². The number of carbonyl (C=O) groups excluding carboxylic acids is 1. The second-order valence-electron chi connectivity index (χ2n) is 7.87. The largest absolute Gasteiger partial charge is 0.486 e. The molecule has 1 saturated heterocycles. The maximum Gasteiger partial charge on any atom is 0.186 e. The van der Waals surface area contributed by atoms with Crippen LogP contribution in [0.15, 0.2) is 36.4 Å². The van der Waals surface area contributed by atoms with Gasteiger partial charge in [-0.05, 0) is 61.7 Å². The number of aromatic nitrogens is 1. The van der Waals surface area contributed by atoms with E-state index in [1.54, 1.807) is 11.3 Å². The highest BCUT2D eigenvalue weighted by molar-refractivity contribution is 7.22. The van der Waals surface area contributed by atoms with Crippen molar-refractivity contribution in [2.75, 3.05) is 31.1 Å². The van der Waals surface area contributed by atoms with Crippen LogP contribution in [-0.4, -0.2) is 48.5 Å². The predicted octanol–water partition coefficient (Wildman–Crippen LogP) is 4.20. The molecular formula is C23H27N3O2S. The van der Waals surface area contributed by atoms with Gasteiger partial charge in [-0.25, -0.2) is 4.98 Å². The van der Waals surface area contributed by atoms with Crippen molar-refractivity contribution in [2.45, 2.75) is 33.4 Å². The molecule has 0 N–H and O–H groups in total. The highest BCUT2D eigenvalue weighted by atomic mass is 32.1. The maximum absolute atomic E-state index is 10.6. The van der Waals surface area contributed by atoms with Crippen LogP contribution in [-0.2, 0) is 11.3 Å². The van der Waals surface area contributed by atoms with Gasteiger partial charge < -0.3 is 9.64 Å². The molecule has 0 spiro atoms. The Morgan fingerprint density at radius 1 is 1.17 bits per heavy atom. The smallest absolute Gasteiger partial charge is 0.186 e. The van der Waals surface area contributed by atoms with Crippen molar-refractivity contribution >= 4 is 33.0 Å². The van der Waals surface area contributed by atoms with E-state index in [9.17, 15) is 4.79 Å². The average molecular weight is 410 g/mol. The summed E-state index contributed by atoms with van der Waals surface area (Å²) in [6, 6.07) is 13.1. The summed E-state index contributed by atoms with van der Waals surface area (Å²) >= 11 is 1.79. The minimum atomic E-state index is 0.0969. The molecule has 29 heavy (non-hydrogen) atoms. The minimum Gasteiger partial charge on any atom is -0.486 e. The topological polar surface area (TPSA) is 45.7 Å². The molecule has 1 atom stereocenters. The molecule has 0 bridgehead atoms. The van der Waals surface area contributed by atoms with Gasteiger partial charge in [0.2, 0.25) is 0 Å². The summed E-state index contributed by atoms with van der Waals surface area (Å²) in [5.41, 5.74) is 4.75. The number of hydrogen-bond acceptors (Lipinski definition) is 6. The number of piperazine rings is 1. The van der Waals surface area contributed by atoms with Gasteiger partial charge in [-0.1, -0.05) is 23.5 Å². The zero-order valence-electron chi connectivity index (χ0n) is 17.2. The number of aryl methyl sites for hydroxylation is 2. The van der Waals surface area contributed by atoms with Crippen molar-refractivity contribution in [3.05, 3.63) is 53.1 Å². The van der Waals surface area contributed by atoms with Gasteiger partial charge in [0.05, 0.1) is 10.2 Å². The molecule has 5 nitrogen and oxygen atoms in total. The number of thiazole rings is 1. The lowest BCUT2D eigenvalue weighted by atomic mass is 10.1. The van der Waals surface area contributed by atoms with Crippen LogP contribution in [0, 0.1) is 13.8 Å². The van der Waals surface area contributed by atoms with Crippen LogP contribution in [0.4, 0.5) is 5.13 Å². The molecule has 152 valence electrons. The van der Waals surface area contributed by atoms with Crippen LogP contribution in [0.3, 0.4) is 0 Å². The van der Waals surface area contributed by atoms with Crippen LogP contribution < -0.4 is 9.64 Å². The molecule has 0 saturated carbocycles. The van der Waals surface area contributed by atoms with E-state index in [-0.39, 0.29) is 6.61 Å². The average Bonchev–Trinajstić information content (AvgIpc) is 3.10. The maximum atomic E-state index is 10.6. The highest BCUT2D eigenvalue weighted by Crippen LogP contribution is 2.31. The van der Waals surface area contributed by atoms with Crippen molar-refractivity contribution < 1.29 is 9.53 Å². The fourth-order valence-electron chi connectivity index (χ4n) is 3.92. The van der Waals surface area contributed by atoms with Crippen molar-refractivity contribution in [1.82, 2.24) is 9.88 Å². The molecular weight excluding hydrogens is 382 g/mol. The Hall–Kier alpha value is -2.44. The van der Waals surface area contributed by atoms with Crippen LogP contribution in [0.2, 0.25) is 0 Å². The number of anilines is 1. The first-order valence-corrected chi connectivity index (χ1v) is 10.9. The Labute approximate surface area is 175 Å². The molecule has 2 aromatic carbocycles. The van der Waals surface area contributed by atoms with E-state index in [4.69, 9.17) is 9.72 Å². The molecule has 1 fully saturated rings. The summed E-state index contributed by atoms with van der Waals surface area (Å²) in [6.45, 7) is 10.4. The third-order valence-electron chi connectivity index (χ3n) is 5.38. The molecule has 3 aromatic rings. The van der Waals surface area contributed by atoms with Crippen molar-refractivity contribution in [3.8, 4) is 5.75 Å². The molecule has 0 aliphatic carbocycles. The van der Waals surface area contributed by atoms with Gasteiger partial charge in [0.25, 0.3) is 0 Å². The summed E-state index contributed by atoms with van der Waals surface area (Å²) in [6.07, 6.45) is 0.784. The quantitative estimate of drug-likeness (QED) is 0.571. The molecule has 6 heteroatoms. The fraction of sp³-hybridized carbons (Fsp3) is 0.391. The Balaban J connectivity index is 1.43. The summed E-state index contributed by atoms with van der Waals surface area (Å²) in [5, 5.41) is 1.12. The van der Waals surface area contributed by atoms with Gasteiger partial charge in [-0.15, -0.1) is 0 Å². The zero-order valence-corrected chi connectivity index (χ0v) is 18.0. The second-order valence-corrected chi connectivity index (χ2v) is 8.87. The molecule has 1 unspecified atom stereocenters. The first-order valence-electron chi connectivity index (χ1n) is 10.0. The lowest BCUT2D eigenvalue weighted by Crippen LogP contribution is -2.51. The van der Waals surface area contributed by atoms with Crippen LogP contribution >= 0.6 is 11.3 Å². The number of rotatable bonds is 6. The monoisotopic (exact) mass is 409 g/mol. The molecule has 2 heterocycles. The van der Waals surface area contributed by atoms with E-state index >= 15 is 0 Å². The van der Waals surface area contributed by atoms with Gasteiger partial charge in [-0.3, -0.25) is 9.69 Å². The van der Waals surface area contributed by atoms with E-state index in [1.807, 2.05) is 12.1 Å². The standard InChI is InChI=1S/C23H27N3O2S/c1-16-4-5-21-22(12-16)29-23(24-21)26-7-6-25(18(3)14-26)15-19-10-17(2)11-20(13-19)28-9-8-27/h4-5,8,10-13,18H,6-7,9,14-15H2,1-3H3. The third-order valence-corrected chi connectivity index (χ3v) is 6.46. The Morgan fingerprint density at radius 3 is 2.83 bits per heavy atom. The van der Waals surface area contributed by atoms with Gasteiger partial charge in [0.1, 0.15) is 12.4 Å². The highest BCUT2D eigenvalue weighted by Gasteiger charge is 2.25. The molecule has 1 aliphatic heterocycles. The van der Waals surface area contributed by atoms with Gasteiger partial charge in [0, 0.05) is 32.2 Å². The number of fused-ring (bicyclic) bond motifs is 1. The van der Waals surface area contributed by atoms with Crippen molar-refractivity contribution in [2.24, 2.45) is 0 Å². The van der Waals surface area contributed by atoms with Crippen LogP contribution in [0.1, 0.15) is 23.6 Å². The minimum absolute atomic E-state index is 0.0969. The third kappa shape index (κ3) is 4.60. The number of carbonyl (C=O) groups is 1. The molecule has 1 aromatic heterocycles. The van der Waals surface area contributed by atoms with Crippen molar-refractivity contribution in [1.29, 1.82) is 0 Å². The number of benzene rings is 2. The van der Waals surface area contributed by atoms with E-state index in [2.05, 4.69) is 54.8 Å². The number of aldehydes is 1. The Kier molecular flexibility index (Phi) is 5.83. The zero-order chi connectivity index (χ0) is 20.4. The normalized spacial score (nSPS) is 17.6. The SMILES string of the molecule is Cc1cc(CN2CCN(c3nc4ccc(C)cc4s3)CC2C)cc(OCC=O)c1. The number of ether oxygens (including phenoxy) is 1. The predicted molar refractivity (Wildman–Crippen MR) is 119 cm³/mol. The fourth-order valence-corrected chi connectivity index (χ4v) is 5.02. The molecule has 0 radical (unpaired) electrons. The second kappa shape index (κ2) is 8.51. The van der Waals surface area contributed by atoms with Crippen LogP contribution in [0.5, 0.6) is 5.75 Å². The summed E-state index contributed by atoms with van der Waals surface area (Å²) in [4.78, 5) is 20.4. The van der Waals surface area contributed by atoms with E-state index in [1.165, 1.54) is 15.8 Å². The van der Waals surface area contributed by atoms with Crippen LogP contribution in [0.25, 0.3) is 10.2 Å².